The van der Waals surface area contributed by atoms with Gasteiger partial charge in [0.25, 0.3) is 5.91 Å². The molecule has 0 unspecified atom stereocenters. The van der Waals surface area contributed by atoms with Gasteiger partial charge in [-0.25, -0.2) is 0 Å². The van der Waals surface area contributed by atoms with E-state index in [-0.39, 0.29) is 24.8 Å². The van der Waals surface area contributed by atoms with Gasteiger partial charge in [-0.1, -0.05) is 13.8 Å². The highest BCUT2D eigenvalue weighted by atomic mass is 16.4. The third kappa shape index (κ3) is 3.08. The minimum atomic E-state index is -0.577. The van der Waals surface area contributed by atoms with Crippen molar-refractivity contribution in [1.82, 2.24) is 5.32 Å². The molecule has 4 N–H and O–H groups in total. The van der Waals surface area contributed by atoms with Crippen LogP contribution in [0.3, 0.4) is 0 Å². The molecule has 1 aromatic rings. The Morgan fingerprint density at radius 3 is 2.53 bits per heavy atom. The van der Waals surface area contributed by atoms with Gasteiger partial charge >= 0.3 is 0 Å². The number of furan rings is 1. The fourth-order valence-electron chi connectivity index (χ4n) is 1.60. The zero-order valence-electron chi connectivity index (χ0n) is 10.3. The maximum absolute atomic E-state index is 11.9. The van der Waals surface area contributed by atoms with Crippen LogP contribution in [0.5, 0.6) is 0 Å². The highest BCUT2D eigenvalue weighted by Crippen LogP contribution is 2.16. The normalized spacial score (nSPS) is 11.5. The van der Waals surface area contributed by atoms with E-state index in [1.165, 1.54) is 0 Å². The summed E-state index contributed by atoms with van der Waals surface area (Å²) in [6.07, 6.45) is 1.33. The van der Waals surface area contributed by atoms with Crippen molar-refractivity contribution in [3.8, 4) is 0 Å². The first kappa shape index (κ1) is 13.7. The molecule has 0 aromatic carbocycles. The first-order chi connectivity index (χ1) is 8.10. The smallest absolute Gasteiger partial charge is 0.287 e. The Kier molecular flexibility index (Phi) is 4.72. The Morgan fingerprint density at radius 1 is 1.47 bits per heavy atom. The number of hydrogen-bond donors (Lipinski definition) is 3. The standard InChI is InChI=1S/C12H20N2O3/c1-3-12(4-2,8-15)14-11(16)10-6-5-9(7-13)17-10/h5-6,15H,3-4,7-8,13H2,1-2H3,(H,14,16). The molecule has 0 bridgehead atoms. The van der Waals surface area contributed by atoms with Crippen molar-refractivity contribution >= 4 is 5.91 Å². The molecule has 0 aliphatic carbocycles. The topological polar surface area (TPSA) is 88.5 Å². The number of nitrogens with one attached hydrogen (secondary N) is 1. The fourth-order valence-corrected chi connectivity index (χ4v) is 1.60. The Bertz CT molecular complexity index is 361. The Labute approximate surface area is 101 Å². The number of rotatable bonds is 6. The number of aliphatic hydroxyl groups excluding tert-OH is 1. The van der Waals surface area contributed by atoms with Crippen molar-refractivity contribution in [3.63, 3.8) is 0 Å². The second kappa shape index (κ2) is 5.84. The van der Waals surface area contributed by atoms with E-state index in [9.17, 15) is 9.90 Å². The Hall–Kier alpha value is -1.33. The van der Waals surface area contributed by atoms with E-state index < -0.39 is 5.54 Å². The summed E-state index contributed by atoms with van der Waals surface area (Å²) in [7, 11) is 0. The molecule has 17 heavy (non-hydrogen) atoms. The third-order valence-electron chi connectivity index (χ3n) is 3.12. The minimum Gasteiger partial charge on any atom is -0.455 e. The number of amides is 1. The Morgan fingerprint density at radius 2 is 2.12 bits per heavy atom. The van der Waals surface area contributed by atoms with Crippen molar-refractivity contribution in [2.24, 2.45) is 5.73 Å². The third-order valence-corrected chi connectivity index (χ3v) is 3.12. The van der Waals surface area contributed by atoms with Crippen molar-refractivity contribution in [2.45, 2.75) is 38.8 Å². The molecule has 0 aliphatic heterocycles. The van der Waals surface area contributed by atoms with Crippen LogP contribution in [0.4, 0.5) is 0 Å². The Balaban J connectivity index is 2.77. The second-order valence-corrected chi connectivity index (χ2v) is 4.07. The fraction of sp³-hybridized carbons (Fsp3) is 0.583. The molecular weight excluding hydrogens is 220 g/mol. The average molecular weight is 240 g/mol. The van der Waals surface area contributed by atoms with Crippen LogP contribution >= 0.6 is 0 Å². The van der Waals surface area contributed by atoms with Crippen molar-refractivity contribution in [3.05, 3.63) is 23.7 Å². The summed E-state index contributed by atoms with van der Waals surface area (Å²) in [6, 6.07) is 3.26. The van der Waals surface area contributed by atoms with Gasteiger partial charge in [0.1, 0.15) is 5.76 Å². The van der Waals surface area contributed by atoms with Crippen molar-refractivity contribution < 1.29 is 14.3 Å². The predicted molar refractivity (Wildman–Crippen MR) is 64.5 cm³/mol. The van der Waals surface area contributed by atoms with Gasteiger partial charge in [-0.3, -0.25) is 4.79 Å². The highest BCUT2D eigenvalue weighted by Gasteiger charge is 2.28. The molecule has 0 saturated carbocycles. The number of carbonyl (C=O) groups is 1. The van der Waals surface area contributed by atoms with Gasteiger partial charge in [-0.05, 0) is 25.0 Å². The lowest BCUT2D eigenvalue weighted by molar-refractivity contribution is 0.0789. The molecule has 0 fully saturated rings. The molecule has 5 heteroatoms. The van der Waals surface area contributed by atoms with Crippen LogP contribution in [-0.2, 0) is 6.54 Å². The first-order valence-corrected chi connectivity index (χ1v) is 5.83. The maximum Gasteiger partial charge on any atom is 0.287 e. The molecule has 0 saturated heterocycles. The average Bonchev–Trinajstić information content (AvgIpc) is 2.85. The van der Waals surface area contributed by atoms with E-state index in [1.807, 2.05) is 13.8 Å². The molecule has 0 radical (unpaired) electrons. The van der Waals surface area contributed by atoms with Gasteiger partial charge < -0.3 is 20.6 Å². The molecule has 0 aliphatic rings. The summed E-state index contributed by atoms with van der Waals surface area (Å²) in [5.74, 6) is 0.477. The van der Waals surface area contributed by atoms with Crippen LogP contribution < -0.4 is 11.1 Å². The number of carbonyl (C=O) groups excluding carboxylic acids is 1. The largest absolute Gasteiger partial charge is 0.455 e. The van der Waals surface area contributed by atoms with Gasteiger partial charge in [0.2, 0.25) is 0 Å². The SMILES string of the molecule is CCC(CC)(CO)NC(=O)c1ccc(CN)o1. The van der Waals surface area contributed by atoms with E-state index in [4.69, 9.17) is 10.2 Å². The summed E-state index contributed by atoms with van der Waals surface area (Å²) >= 11 is 0. The van der Waals surface area contributed by atoms with E-state index in [1.54, 1.807) is 12.1 Å². The molecule has 1 aromatic heterocycles. The van der Waals surface area contributed by atoms with Gasteiger partial charge in [0, 0.05) is 0 Å². The van der Waals surface area contributed by atoms with Crippen LogP contribution in [-0.4, -0.2) is 23.2 Å². The van der Waals surface area contributed by atoms with Gasteiger partial charge in [-0.15, -0.1) is 0 Å². The molecule has 1 amide bonds. The molecule has 0 spiro atoms. The lowest BCUT2D eigenvalue weighted by Gasteiger charge is -2.30. The number of hydrogen-bond acceptors (Lipinski definition) is 4. The molecule has 5 nitrogen and oxygen atoms in total. The molecule has 96 valence electrons. The van der Waals surface area contributed by atoms with Crippen LogP contribution in [0.1, 0.15) is 43.0 Å². The summed E-state index contributed by atoms with van der Waals surface area (Å²) in [4.78, 5) is 11.9. The van der Waals surface area contributed by atoms with Gasteiger partial charge in [0.05, 0.1) is 18.7 Å². The summed E-state index contributed by atoms with van der Waals surface area (Å²) in [5, 5.41) is 12.2. The zero-order chi connectivity index (χ0) is 12.9. The second-order valence-electron chi connectivity index (χ2n) is 4.07. The lowest BCUT2D eigenvalue weighted by atomic mass is 9.94. The van der Waals surface area contributed by atoms with E-state index >= 15 is 0 Å². The molecule has 0 atom stereocenters. The quantitative estimate of drug-likeness (QED) is 0.692. The van der Waals surface area contributed by atoms with Crippen molar-refractivity contribution in [2.75, 3.05) is 6.61 Å². The summed E-state index contributed by atoms with van der Waals surface area (Å²) in [6.45, 7) is 4.02. The van der Waals surface area contributed by atoms with Crippen LogP contribution in [0.25, 0.3) is 0 Å². The number of nitrogens with two attached hydrogens (primary N) is 1. The maximum atomic E-state index is 11.9. The monoisotopic (exact) mass is 240 g/mol. The molecule has 1 heterocycles. The van der Waals surface area contributed by atoms with E-state index in [0.717, 1.165) is 0 Å². The van der Waals surface area contributed by atoms with Crippen LogP contribution in [0.15, 0.2) is 16.5 Å². The van der Waals surface area contributed by atoms with Gasteiger partial charge in [-0.2, -0.15) is 0 Å². The predicted octanol–water partition coefficient (Wildman–Crippen LogP) is 1.02. The van der Waals surface area contributed by atoms with E-state index in [0.29, 0.717) is 18.6 Å². The highest BCUT2D eigenvalue weighted by molar-refractivity contribution is 5.92. The number of aliphatic hydroxyl groups is 1. The zero-order valence-corrected chi connectivity index (χ0v) is 10.3. The minimum absolute atomic E-state index is 0.0871. The molecular formula is C12H20N2O3. The van der Waals surface area contributed by atoms with E-state index in [2.05, 4.69) is 5.32 Å². The van der Waals surface area contributed by atoms with Gasteiger partial charge in [0.15, 0.2) is 5.76 Å². The van der Waals surface area contributed by atoms with Crippen LogP contribution in [0.2, 0.25) is 0 Å². The molecule has 1 rings (SSSR count). The lowest BCUT2D eigenvalue weighted by Crippen LogP contribution is -2.50. The summed E-state index contributed by atoms with van der Waals surface area (Å²) < 4.78 is 5.26. The summed E-state index contributed by atoms with van der Waals surface area (Å²) in [5.41, 5.74) is 4.83. The van der Waals surface area contributed by atoms with Crippen LogP contribution in [0, 0.1) is 0 Å². The van der Waals surface area contributed by atoms with Crippen molar-refractivity contribution in [1.29, 1.82) is 0 Å². The first-order valence-electron chi connectivity index (χ1n) is 5.83.